The first-order valence-electron chi connectivity index (χ1n) is 7.37. The Hall–Kier alpha value is -1.20. The average molecular weight is 350 g/mol. The number of aryl methyl sites for hydroxylation is 1. The summed E-state index contributed by atoms with van der Waals surface area (Å²) in [6, 6.07) is 6.03. The summed E-state index contributed by atoms with van der Waals surface area (Å²) in [5.41, 5.74) is 8.15. The summed E-state index contributed by atoms with van der Waals surface area (Å²) in [6.45, 7) is 4.27. The quantitative estimate of drug-likeness (QED) is 0.883. The molecular formula is C16H20BrN3O. The van der Waals surface area contributed by atoms with Crippen LogP contribution < -0.4 is 5.73 Å². The second-order valence-corrected chi connectivity index (χ2v) is 7.16. The van der Waals surface area contributed by atoms with Crippen molar-refractivity contribution >= 4 is 15.9 Å². The maximum absolute atomic E-state index is 6.52. The fraction of sp³-hybridized carbons (Fsp3) is 0.500. The number of nitrogens with two attached hydrogens (primary N) is 1. The van der Waals surface area contributed by atoms with Gasteiger partial charge >= 0.3 is 0 Å². The first-order chi connectivity index (χ1) is 9.98. The van der Waals surface area contributed by atoms with E-state index in [1.165, 1.54) is 6.42 Å². The minimum Gasteiger partial charge on any atom is -0.337 e. The molecule has 1 heterocycles. The van der Waals surface area contributed by atoms with Gasteiger partial charge < -0.3 is 10.3 Å². The van der Waals surface area contributed by atoms with E-state index in [2.05, 4.69) is 33.0 Å². The zero-order valence-corrected chi connectivity index (χ0v) is 14.0. The molecule has 1 fully saturated rings. The third-order valence-corrected chi connectivity index (χ3v) is 4.81. The van der Waals surface area contributed by atoms with E-state index < -0.39 is 5.54 Å². The molecule has 2 unspecified atom stereocenters. The van der Waals surface area contributed by atoms with Gasteiger partial charge in [0, 0.05) is 10.0 Å². The summed E-state index contributed by atoms with van der Waals surface area (Å²) in [4.78, 5) is 4.58. The Morgan fingerprint density at radius 3 is 2.95 bits per heavy atom. The third-order valence-electron chi connectivity index (χ3n) is 4.31. The molecule has 0 amide bonds. The summed E-state index contributed by atoms with van der Waals surface area (Å²) in [7, 11) is 0. The van der Waals surface area contributed by atoms with Gasteiger partial charge in [-0.15, -0.1) is 0 Å². The highest BCUT2D eigenvalue weighted by Gasteiger charge is 2.37. The van der Waals surface area contributed by atoms with E-state index in [0.29, 0.717) is 17.6 Å². The van der Waals surface area contributed by atoms with Crippen molar-refractivity contribution in [3.05, 3.63) is 34.1 Å². The fourth-order valence-electron chi connectivity index (χ4n) is 3.20. The van der Waals surface area contributed by atoms with Crippen LogP contribution in [-0.4, -0.2) is 10.1 Å². The minimum absolute atomic E-state index is 0.466. The minimum atomic E-state index is -0.466. The van der Waals surface area contributed by atoms with Crippen LogP contribution in [0.5, 0.6) is 0 Å². The zero-order valence-electron chi connectivity index (χ0n) is 12.4. The molecule has 2 N–H and O–H groups in total. The summed E-state index contributed by atoms with van der Waals surface area (Å²) in [5, 5.41) is 4.14. The molecule has 1 saturated carbocycles. The Morgan fingerprint density at radius 1 is 1.43 bits per heavy atom. The molecule has 2 atom stereocenters. The number of aromatic nitrogens is 2. The van der Waals surface area contributed by atoms with E-state index in [4.69, 9.17) is 10.3 Å². The molecule has 3 rings (SSSR count). The lowest BCUT2D eigenvalue weighted by Gasteiger charge is -2.33. The normalized spacial score (nSPS) is 26.0. The van der Waals surface area contributed by atoms with E-state index in [9.17, 15) is 0 Å². The van der Waals surface area contributed by atoms with Crippen LogP contribution in [0.3, 0.4) is 0 Å². The van der Waals surface area contributed by atoms with Crippen molar-refractivity contribution in [1.82, 2.24) is 10.1 Å². The predicted octanol–water partition coefficient (Wildman–Crippen LogP) is 4.17. The van der Waals surface area contributed by atoms with Gasteiger partial charge in [-0.2, -0.15) is 4.98 Å². The van der Waals surface area contributed by atoms with Crippen LogP contribution in [0.4, 0.5) is 0 Å². The van der Waals surface area contributed by atoms with Crippen molar-refractivity contribution in [2.24, 2.45) is 11.7 Å². The van der Waals surface area contributed by atoms with Crippen LogP contribution >= 0.6 is 15.9 Å². The van der Waals surface area contributed by atoms with E-state index in [1.807, 2.05) is 25.1 Å². The van der Waals surface area contributed by atoms with Crippen LogP contribution in [-0.2, 0) is 5.54 Å². The standard InChI is InChI=1S/C16H20BrN3O/c1-10-4-3-7-16(18,9-10)15-19-14(20-21-15)13-6-5-12(17)8-11(13)2/h5-6,8,10H,3-4,7,9,18H2,1-2H3. The lowest BCUT2D eigenvalue weighted by Crippen LogP contribution is -2.41. The van der Waals surface area contributed by atoms with Gasteiger partial charge in [0.1, 0.15) is 0 Å². The van der Waals surface area contributed by atoms with Crippen LogP contribution in [0.1, 0.15) is 44.1 Å². The van der Waals surface area contributed by atoms with Crippen LogP contribution in [0.25, 0.3) is 11.4 Å². The van der Waals surface area contributed by atoms with Crippen LogP contribution in [0, 0.1) is 12.8 Å². The highest BCUT2D eigenvalue weighted by atomic mass is 79.9. The number of rotatable bonds is 2. The van der Waals surface area contributed by atoms with E-state index >= 15 is 0 Å². The van der Waals surface area contributed by atoms with Gasteiger partial charge in [0.05, 0.1) is 5.54 Å². The van der Waals surface area contributed by atoms with E-state index in [-0.39, 0.29) is 0 Å². The summed E-state index contributed by atoms with van der Waals surface area (Å²) < 4.78 is 6.54. The summed E-state index contributed by atoms with van der Waals surface area (Å²) >= 11 is 3.47. The number of hydrogen-bond acceptors (Lipinski definition) is 4. The molecule has 1 aliphatic rings. The Bertz CT molecular complexity index is 655. The molecule has 1 aromatic heterocycles. The molecule has 1 aliphatic carbocycles. The smallest absolute Gasteiger partial charge is 0.247 e. The van der Waals surface area contributed by atoms with Crippen molar-refractivity contribution < 1.29 is 4.52 Å². The van der Waals surface area contributed by atoms with Gasteiger partial charge in [-0.1, -0.05) is 40.9 Å². The average Bonchev–Trinajstić information content (AvgIpc) is 2.88. The van der Waals surface area contributed by atoms with Gasteiger partial charge in [-0.25, -0.2) is 0 Å². The zero-order chi connectivity index (χ0) is 15.0. The Labute approximate surface area is 133 Å². The topological polar surface area (TPSA) is 64.9 Å². The summed E-state index contributed by atoms with van der Waals surface area (Å²) in [5.74, 6) is 1.80. The molecule has 0 aliphatic heterocycles. The second-order valence-electron chi connectivity index (χ2n) is 6.24. The Kier molecular flexibility index (Phi) is 3.88. The Balaban J connectivity index is 1.92. The molecule has 4 nitrogen and oxygen atoms in total. The van der Waals surface area contributed by atoms with Gasteiger partial charge in [-0.3, -0.25) is 0 Å². The monoisotopic (exact) mass is 349 g/mol. The highest BCUT2D eigenvalue weighted by molar-refractivity contribution is 9.10. The molecular weight excluding hydrogens is 330 g/mol. The number of halogens is 1. The van der Waals surface area contributed by atoms with Crippen molar-refractivity contribution in [3.8, 4) is 11.4 Å². The highest BCUT2D eigenvalue weighted by Crippen LogP contribution is 2.37. The van der Waals surface area contributed by atoms with Crippen LogP contribution in [0.15, 0.2) is 27.2 Å². The maximum Gasteiger partial charge on any atom is 0.247 e. The van der Waals surface area contributed by atoms with Crippen LogP contribution in [0.2, 0.25) is 0 Å². The molecule has 112 valence electrons. The molecule has 2 aromatic rings. The van der Waals surface area contributed by atoms with Crippen molar-refractivity contribution in [1.29, 1.82) is 0 Å². The third kappa shape index (κ3) is 2.90. The molecule has 1 aromatic carbocycles. The van der Waals surface area contributed by atoms with Crippen molar-refractivity contribution in [3.63, 3.8) is 0 Å². The molecule has 21 heavy (non-hydrogen) atoms. The maximum atomic E-state index is 6.52. The van der Waals surface area contributed by atoms with Gasteiger partial charge in [0.25, 0.3) is 0 Å². The lowest BCUT2D eigenvalue weighted by atomic mass is 9.77. The fourth-order valence-corrected chi connectivity index (χ4v) is 3.67. The first-order valence-corrected chi connectivity index (χ1v) is 8.17. The van der Waals surface area contributed by atoms with Gasteiger partial charge in [0.15, 0.2) is 0 Å². The molecule has 0 bridgehead atoms. The number of hydrogen-bond donors (Lipinski definition) is 1. The van der Waals surface area contributed by atoms with Gasteiger partial charge in [0.2, 0.25) is 11.7 Å². The largest absolute Gasteiger partial charge is 0.337 e. The van der Waals surface area contributed by atoms with Crippen molar-refractivity contribution in [2.75, 3.05) is 0 Å². The molecule has 0 saturated heterocycles. The van der Waals surface area contributed by atoms with E-state index in [1.54, 1.807) is 0 Å². The lowest BCUT2D eigenvalue weighted by molar-refractivity contribution is 0.183. The van der Waals surface area contributed by atoms with Gasteiger partial charge in [-0.05, 0) is 49.4 Å². The Morgan fingerprint density at radius 2 is 2.24 bits per heavy atom. The van der Waals surface area contributed by atoms with Crippen molar-refractivity contribution in [2.45, 2.75) is 45.1 Å². The number of benzene rings is 1. The SMILES string of the molecule is Cc1cc(Br)ccc1-c1noc(C2(N)CCCC(C)C2)n1. The van der Waals surface area contributed by atoms with E-state index in [0.717, 1.165) is 34.9 Å². The molecule has 0 spiro atoms. The molecule has 5 heteroatoms. The molecule has 0 radical (unpaired) electrons. The summed E-state index contributed by atoms with van der Waals surface area (Å²) in [6.07, 6.45) is 4.17. The number of nitrogens with zero attached hydrogens (tertiary/aromatic N) is 2. The first kappa shape index (κ1) is 14.7. The predicted molar refractivity (Wildman–Crippen MR) is 85.7 cm³/mol. The second kappa shape index (κ2) is 5.54.